The zero-order valence-electron chi connectivity index (χ0n) is 10.4. The van der Waals surface area contributed by atoms with Gasteiger partial charge in [-0.3, -0.25) is 0 Å². The Bertz CT molecular complexity index is 511. The molecule has 2 aromatic carbocycles. The van der Waals surface area contributed by atoms with Gasteiger partial charge in [0.1, 0.15) is 0 Å². The van der Waals surface area contributed by atoms with Crippen LogP contribution in [0.4, 0.5) is 11.4 Å². The highest BCUT2D eigenvalue weighted by Crippen LogP contribution is 2.23. The van der Waals surface area contributed by atoms with Crippen molar-refractivity contribution in [3.63, 3.8) is 0 Å². The molecule has 0 aromatic heterocycles. The molecule has 0 fully saturated rings. The summed E-state index contributed by atoms with van der Waals surface area (Å²) < 4.78 is 0. The Kier molecular flexibility index (Phi) is 4.11. The molecule has 0 unspecified atom stereocenters. The van der Waals surface area contributed by atoms with Crippen molar-refractivity contribution in [3.05, 3.63) is 59.1 Å². The summed E-state index contributed by atoms with van der Waals surface area (Å²) in [6.07, 6.45) is 0. The van der Waals surface area contributed by atoms with E-state index in [-0.39, 0.29) is 0 Å². The smallest absolute Gasteiger partial charge is 0.0457 e. The largest absolute Gasteiger partial charge is 0.399 e. The lowest BCUT2D eigenvalue weighted by Crippen LogP contribution is -2.22. The molecule has 0 radical (unpaired) electrons. The van der Waals surface area contributed by atoms with E-state index in [1.165, 1.54) is 5.69 Å². The summed E-state index contributed by atoms with van der Waals surface area (Å²) in [5.74, 6) is 0. The van der Waals surface area contributed by atoms with Crippen LogP contribution in [-0.2, 0) is 6.54 Å². The maximum atomic E-state index is 6.20. The van der Waals surface area contributed by atoms with Gasteiger partial charge in [-0.25, -0.2) is 0 Å². The van der Waals surface area contributed by atoms with Crippen molar-refractivity contribution in [1.82, 2.24) is 0 Å². The van der Waals surface area contributed by atoms with Crippen molar-refractivity contribution in [3.8, 4) is 0 Å². The molecule has 0 heterocycles. The second-order valence-electron chi connectivity index (χ2n) is 4.20. The third-order valence-electron chi connectivity index (χ3n) is 2.93. The summed E-state index contributed by atoms with van der Waals surface area (Å²) in [7, 11) is 0. The predicted octanol–water partition coefficient (Wildman–Crippen LogP) is 3.95. The van der Waals surface area contributed by atoms with Crippen molar-refractivity contribution < 1.29 is 0 Å². The van der Waals surface area contributed by atoms with E-state index >= 15 is 0 Å². The van der Waals surface area contributed by atoms with Crippen molar-refractivity contribution in [2.75, 3.05) is 17.2 Å². The van der Waals surface area contributed by atoms with Crippen LogP contribution in [0.2, 0.25) is 5.02 Å². The molecule has 0 atom stereocenters. The lowest BCUT2D eigenvalue weighted by Gasteiger charge is -2.23. The van der Waals surface area contributed by atoms with Gasteiger partial charge in [0.25, 0.3) is 0 Å². The van der Waals surface area contributed by atoms with E-state index in [4.69, 9.17) is 17.3 Å². The van der Waals surface area contributed by atoms with Gasteiger partial charge in [-0.05, 0) is 42.8 Å². The van der Waals surface area contributed by atoms with E-state index in [0.717, 1.165) is 29.4 Å². The van der Waals surface area contributed by atoms with Crippen molar-refractivity contribution in [2.45, 2.75) is 13.5 Å². The van der Waals surface area contributed by atoms with Crippen LogP contribution < -0.4 is 10.6 Å². The van der Waals surface area contributed by atoms with Gasteiger partial charge in [-0.15, -0.1) is 0 Å². The molecule has 2 aromatic rings. The molecule has 0 aliphatic rings. The third-order valence-corrected chi connectivity index (χ3v) is 3.30. The van der Waals surface area contributed by atoms with Crippen LogP contribution in [0.5, 0.6) is 0 Å². The van der Waals surface area contributed by atoms with Gasteiger partial charge in [0.05, 0.1) is 0 Å². The number of anilines is 2. The maximum Gasteiger partial charge on any atom is 0.0457 e. The van der Waals surface area contributed by atoms with E-state index in [1.54, 1.807) is 0 Å². The standard InChI is InChI=1S/C15H17ClN2/c1-2-18(14-6-4-3-5-7-14)11-12-10-13(17)8-9-15(12)16/h3-10H,2,11,17H2,1H3. The molecule has 0 amide bonds. The predicted molar refractivity (Wildman–Crippen MR) is 79.0 cm³/mol. The SMILES string of the molecule is CCN(Cc1cc(N)ccc1Cl)c1ccccc1. The molecule has 2 N–H and O–H groups in total. The highest BCUT2D eigenvalue weighted by Gasteiger charge is 2.08. The Morgan fingerprint density at radius 2 is 1.83 bits per heavy atom. The van der Waals surface area contributed by atoms with Gasteiger partial charge < -0.3 is 10.6 Å². The molecule has 0 spiro atoms. The topological polar surface area (TPSA) is 29.3 Å². The molecule has 3 heteroatoms. The summed E-state index contributed by atoms with van der Waals surface area (Å²) in [5, 5.41) is 0.763. The minimum Gasteiger partial charge on any atom is -0.399 e. The highest BCUT2D eigenvalue weighted by molar-refractivity contribution is 6.31. The van der Waals surface area contributed by atoms with E-state index < -0.39 is 0 Å². The number of hydrogen-bond donors (Lipinski definition) is 1. The fourth-order valence-electron chi connectivity index (χ4n) is 1.95. The summed E-state index contributed by atoms with van der Waals surface area (Å²) in [6.45, 7) is 3.83. The Morgan fingerprint density at radius 3 is 2.50 bits per heavy atom. The quantitative estimate of drug-likeness (QED) is 0.844. The first-order valence-corrected chi connectivity index (χ1v) is 6.42. The van der Waals surface area contributed by atoms with Crippen LogP contribution in [0.3, 0.4) is 0 Å². The lowest BCUT2D eigenvalue weighted by atomic mass is 10.1. The van der Waals surface area contributed by atoms with Gasteiger partial charge in [0.15, 0.2) is 0 Å². The molecule has 0 saturated heterocycles. The summed E-state index contributed by atoms with van der Waals surface area (Å²) in [6, 6.07) is 15.9. The minimum absolute atomic E-state index is 0.749. The number of benzene rings is 2. The lowest BCUT2D eigenvalue weighted by molar-refractivity contribution is 0.832. The molecule has 0 saturated carbocycles. The van der Waals surface area contributed by atoms with Gasteiger partial charge in [-0.1, -0.05) is 29.8 Å². The van der Waals surface area contributed by atoms with Crippen molar-refractivity contribution >= 4 is 23.0 Å². The minimum atomic E-state index is 0.749. The Morgan fingerprint density at radius 1 is 1.11 bits per heavy atom. The number of nitrogens with two attached hydrogens (primary N) is 1. The first-order valence-electron chi connectivity index (χ1n) is 6.04. The molecule has 18 heavy (non-hydrogen) atoms. The molecule has 0 aliphatic carbocycles. The van der Waals surface area contributed by atoms with Crippen molar-refractivity contribution in [1.29, 1.82) is 0 Å². The Balaban J connectivity index is 2.23. The average molecular weight is 261 g/mol. The first-order chi connectivity index (χ1) is 8.70. The molecule has 2 rings (SSSR count). The van der Waals surface area contributed by atoms with E-state index in [1.807, 2.05) is 36.4 Å². The molecular weight excluding hydrogens is 244 g/mol. The van der Waals surface area contributed by atoms with E-state index in [2.05, 4.69) is 24.0 Å². The molecule has 94 valence electrons. The van der Waals surface area contributed by atoms with Gasteiger partial charge in [-0.2, -0.15) is 0 Å². The second-order valence-corrected chi connectivity index (χ2v) is 4.61. The highest BCUT2D eigenvalue weighted by atomic mass is 35.5. The van der Waals surface area contributed by atoms with Crippen LogP contribution in [0.25, 0.3) is 0 Å². The van der Waals surface area contributed by atoms with Gasteiger partial charge >= 0.3 is 0 Å². The Labute approximate surface area is 113 Å². The van der Waals surface area contributed by atoms with Crippen LogP contribution in [0.1, 0.15) is 12.5 Å². The van der Waals surface area contributed by atoms with Gasteiger partial charge in [0.2, 0.25) is 0 Å². The number of hydrogen-bond acceptors (Lipinski definition) is 2. The van der Waals surface area contributed by atoms with Crippen LogP contribution in [0.15, 0.2) is 48.5 Å². The van der Waals surface area contributed by atoms with Crippen molar-refractivity contribution in [2.24, 2.45) is 0 Å². The molecular formula is C15H17ClN2. The van der Waals surface area contributed by atoms with Crippen LogP contribution >= 0.6 is 11.6 Å². The normalized spacial score (nSPS) is 10.3. The summed E-state index contributed by atoms with van der Waals surface area (Å²) in [5.41, 5.74) is 8.81. The molecule has 0 bridgehead atoms. The van der Waals surface area contributed by atoms with Crippen LogP contribution in [-0.4, -0.2) is 6.54 Å². The number of halogens is 1. The number of para-hydroxylation sites is 1. The average Bonchev–Trinajstić information content (AvgIpc) is 2.41. The number of rotatable bonds is 4. The summed E-state index contributed by atoms with van der Waals surface area (Å²) in [4.78, 5) is 2.26. The zero-order chi connectivity index (χ0) is 13.0. The second kappa shape index (κ2) is 5.78. The Hall–Kier alpha value is -1.67. The molecule has 0 aliphatic heterocycles. The van der Waals surface area contributed by atoms with E-state index in [9.17, 15) is 0 Å². The first kappa shape index (κ1) is 12.8. The van der Waals surface area contributed by atoms with Crippen LogP contribution in [0, 0.1) is 0 Å². The van der Waals surface area contributed by atoms with E-state index in [0.29, 0.717) is 0 Å². The monoisotopic (exact) mass is 260 g/mol. The van der Waals surface area contributed by atoms with Gasteiger partial charge in [0, 0.05) is 29.5 Å². The molecule has 2 nitrogen and oxygen atoms in total. The number of nitrogens with zero attached hydrogens (tertiary/aromatic N) is 1. The number of nitrogen functional groups attached to an aromatic ring is 1. The fourth-order valence-corrected chi connectivity index (χ4v) is 2.12. The fraction of sp³-hybridized carbons (Fsp3) is 0.200. The summed E-state index contributed by atoms with van der Waals surface area (Å²) >= 11 is 6.20. The third kappa shape index (κ3) is 2.96. The maximum absolute atomic E-state index is 6.20. The zero-order valence-corrected chi connectivity index (χ0v) is 11.2.